The average Bonchev–Trinajstić information content (AvgIpc) is 3.43. The number of imidazole rings is 1. The van der Waals surface area contributed by atoms with Crippen LogP contribution >= 0.6 is 11.3 Å². The van der Waals surface area contributed by atoms with E-state index in [0.29, 0.717) is 26.9 Å². The van der Waals surface area contributed by atoms with Gasteiger partial charge in [-0.15, -0.1) is 11.3 Å². The molecule has 7 nitrogen and oxygen atoms in total. The molecule has 0 spiro atoms. The number of aryl methyl sites for hydroxylation is 1. The molecule has 0 aliphatic heterocycles. The average molecular weight is 472 g/mol. The normalized spacial score (nSPS) is 10.9. The largest absolute Gasteiger partial charge is 0.320 e. The van der Waals surface area contributed by atoms with Crippen LogP contribution < -0.4 is 10.6 Å². The fourth-order valence-corrected chi connectivity index (χ4v) is 4.48. The number of thiophene rings is 1. The van der Waals surface area contributed by atoms with E-state index in [9.17, 15) is 14.0 Å². The minimum atomic E-state index is -0.490. The fourth-order valence-electron chi connectivity index (χ4n) is 3.52. The van der Waals surface area contributed by atoms with Crippen molar-refractivity contribution in [2.24, 2.45) is 0 Å². The first kappa shape index (κ1) is 21.5. The first-order chi connectivity index (χ1) is 16.5. The van der Waals surface area contributed by atoms with Crippen LogP contribution in [-0.4, -0.2) is 26.3 Å². The van der Waals surface area contributed by atoms with Gasteiger partial charge < -0.3 is 10.6 Å². The Morgan fingerprint density at radius 1 is 0.941 bits per heavy atom. The summed E-state index contributed by atoms with van der Waals surface area (Å²) in [6.45, 7) is 1.79. The van der Waals surface area contributed by atoms with E-state index >= 15 is 0 Å². The van der Waals surface area contributed by atoms with Crippen molar-refractivity contribution >= 4 is 44.9 Å². The van der Waals surface area contributed by atoms with Gasteiger partial charge in [-0.3, -0.25) is 14.2 Å². The molecule has 0 unspecified atom stereocenters. The predicted molar refractivity (Wildman–Crippen MR) is 130 cm³/mol. The van der Waals surface area contributed by atoms with Gasteiger partial charge in [0.1, 0.15) is 18.0 Å². The number of para-hydroxylation sites is 2. The summed E-state index contributed by atoms with van der Waals surface area (Å²) in [5.41, 5.74) is 3.26. The summed E-state index contributed by atoms with van der Waals surface area (Å²) in [6.07, 6.45) is 3.29. The van der Waals surface area contributed by atoms with Gasteiger partial charge >= 0.3 is 0 Å². The van der Waals surface area contributed by atoms with Gasteiger partial charge in [-0.05, 0) is 61.0 Å². The lowest BCUT2D eigenvalue weighted by Gasteiger charge is -2.07. The Labute approximate surface area is 197 Å². The summed E-state index contributed by atoms with van der Waals surface area (Å²) >= 11 is 1.15. The minimum absolute atomic E-state index is 0.203. The number of anilines is 2. The number of fused-ring (bicyclic) bond motifs is 1. The fraction of sp³-hybridized carbons (Fsp3) is 0.0400. The molecule has 9 heteroatoms. The second kappa shape index (κ2) is 8.87. The molecule has 3 heterocycles. The van der Waals surface area contributed by atoms with Gasteiger partial charge in [-0.2, -0.15) is 0 Å². The van der Waals surface area contributed by atoms with Crippen molar-refractivity contribution in [1.82, 2.24) is 14.5 Å². The Morgan fingerprint density at radius 3 is 2.59 bits per heavy atom. The molecule has 2 aromatic carbocycles. The number of aromatic nitrogens is 3. The number of nitrogens with zero attached hydrogens (tertiary/aromatic N) is 3. The van der Waals surface area contributed by atoms with E-state index in [0.717, 1.165) is 28.4 Å². The van der Waals surface area contributed by atoms with Gasteiger partial charge in [-0.1, -0.05) is 18.2 Å². The van der Waals surface area contributed by atoms with Crippen LogP contribution in [0.2, 0.25) is 0 Å². The quantitative estimate of drug-likeness (QED) is 0.358. The standard InChI is InChI=1S/C25H18FN5O2S/c1-15-11-22(30-24(32)16-5-4-6-17(26)12-16)34-23(15)25(33)29-18-9-10-21(27-13-18)31-14-28-19-7-2-3-8-20(19)31/h2-14H,1H3,(H,29,33)(H,30,32). The number of hydrogen-bond acceptors (Lipinski definition) is 5. The third-order valence-corrected chi connectivity index (χ3v) is 6.30. The minimum Gasteiger partial charge on any atom is -0.320 e. The molecule has 0 aliphatic carbocycles. The molecule has 0 bridgehead atoms. The maximum absolute atomic E-state index is 13.4. The molecule has 3 aromatic heterocycles. The third kappa shape index (κ3) is 4.28. The highest BCUT2D eigenvalue weighted by atomic mass is 32.1. The molecule has 0 atom stereocenters. The van der Waals surface area contributed by atoms with E-state index in [2.05, 4.69) is 20.6 Å². The number of hydrogen-bond donors (Lipinski definition) is 2. The van der Waals surface area contributed by atoms with Crippen molar-refractivity contribution in [2.75, 3.05) is 10.6 Å². The second-order valence-corrected chi connectivity index (χ2v) is 8.60. The van der Waals surface area contributed by atoms with E-state index in [-0.39, 0.29) is 11.5 Å². The molecule has 0 saturated heterocycles. The lowest BCUT2D eigenvalue weighted by Crippen LogP contribution is -2.12. The van der Waals surface area contributed by atoms with Crippen molar-refractivity contribution in [3.8, 4) is 5.82 Å². The molecule has 2 N–H and O–H groups in total. The number of benzene rings is 2. The number of rotatable bonds is 5. The Bertz CT molecular complexity index is 1520. The van der Waals surface area contributed by atoms with Gasteiger partial charge in [0, 0.05) is 5.56 Å². The molecule has 0 aliphatic rings. The van der Waals surface area contributed by atoms with E-state index in [1.54, 1.807) is 37.6 Å². The predicted octanol–water partition coefficient (Wildman–Crippen LogP) is 5.43. The van der Waals surface area contributed by atoms with E-state index in [1.807, 2.05) is 28.8 Å². The van der Waals surface area contributed by atoms with Crippen molar-refractivity contribution in [3.05, 3.63) is 101 Å². The molecule has 0 radical (unpaired) electrons. The zero-order chi connectivity index (χ0) is 23.7. The summed E-state index contributed by atoms with van der Waals surface area (Å²) in [7, 11) is 0. The Balaban J connectivity index is 1.29. The summed E-state index contributed by atoms with van der Waals surface area (Å²) < 4.78 is 15.3. The van der Waals surface area contributed by atoms with Crippen LogP contribution in [-0.2, 0) is 0 Å². The Kier molecular flexibility index (Phi) is 5.60. The molecular weight excluding hydrogens is 453 g/mol. The van der Waals surface area contributed by atoms with Gasteiger partial charge in [0.2, 0.25) is 0 Å². The van der Waals surface area contributed by atoms with E-state index in [4.69, 9.17) is 0 Å². The second-order valence-electron chi connectivity index (χ2n) is 7.55. The Morgan fingerprint density at radius 2 is 1.79 bits per heavy atom. The molecule has 5 aromatic rings. The summed E-state index contributed by atoms with van der Waals surface area (Å²) in [5, 5.41) is 6.05. The van der Waals surface area contributed by atoms with Gasteiger partial charge in [0.05, 0.1) is 32.8 Å². The molecule has 0 saturated carbocycles. The first-order valence-corrected chi connectivity index (χ1v) is 11.2. The van der Waals surface area contributed by atoms with Crippen LogP contribution in [0.4, 0.5) is 15.1 Å². The maximum atomic E-state index is 13.4. The van der Waals surface area contributed by atoms with Crippen molar-refractivity contribution in [2.45, 2.75) is 6.92 Å². The number of halogens is 1. The monoisotopic (exact) mass is 471 g/mol. The van der Waals surface area contributed by atoms with Gasteiger partial charge in [0.25, 0.3) is 11.8 Å². The molecular formula is C25H18FN5O2S. The summed E-state index contributed by atoms with van der Waals surface area (Å²) in [4.78, 5) is 34.5. The summed E-state index contributed by atoms with van der Waals surface area (Å²) in [5.74, 6) is -0.562. The van der Waals surface area contributed by atoms with Gasteiger partial charge in [0.15, 0.2) is 0 Å². The zero-order valence-electron chi connectivity index (χ0n) is 17.9. The van der Waals surface area contributed by atoms with Crippen molar-refractivity contribution in [3.63, 3.8) is 0 Å². The molecule has 0 fully saturated rings. The van der Waals surface area contributed by atoms with Crippen LogP contribution in [0.5, 0.6) is 0 Å². The Hall–Kier alpha value is -4.37. The maximum Gasteiger partial charge on any atom is 0.266 e. The molecule has 2 amide bonds. The molecule has 5 rings (SSSR count). The van der Waals surface area contributed by atoms with Crippen LogP contribution in [0.1, 0.15) is 25.6 Å². The topological polar surface area (TPSA) is 88.9 Å². The number of pyridine rings is 1. The zero-order valence-corrected chi connectivity index (χ0v) is 18.8. The van der Waals surface area contributed by atoms with E-state index < -0.39 is 11.7 Å². The molecule has 168 valence electrons. The van der Waals surface area contributed by atoms with Crippen molar-refractivity contribution < 1.29 is 14.0 Å². The van der Waals surface area contributed by atoms with E-state index in [1.165, 1.54) is 18.2 Å². The highest BCUT2D eigenvalue weighted by Crippen LogP contribution is 2.28. The molecule has 34 heavy (non-hydrogen) atoms. The third-order valence-electron chi connectivity index (χ3n) is 5.15. The number of carbonyl (C=O) groups is 2. The smallest absolute Gasteiger partial charge is 0.266 e. The number of carbonyl (C=O) groups excluding carboxylic acids is 2. The number of nitrogens with one attached hydrogen (secondary N) is 2. The highest BCUT2D eigenvalue weighted by molar-refractivity contribution is 7.18. The number of amides is 2. The lowest BCUT2D eigenvalue weighted by molar-refractivity contribution is 0.101. The van der Waals surface area contributed by atoms with Gasteiger partial charge in [-0.25, -0.2) is 14.4 Å². The summed E-state index contributed by atoms with van der Waals surface area (Å²) in [6, 6.07) is 18.5. The first-order valence-electron chi connectivity index (χ1n) is 10.3. The van der Waals surface area contributed by atoms with Crippen molar-refractivity contribution in [1.29, 1.82) is 0 Å². The van der Waals surface area contributed by atoms with Crippen LogP contribution in [0.15, 0.2) is 79.3 Å². The highest BCUT2D eigenvalue weighted by Gasteiger charge is 2.16. The van der Waals surface area contributed by atoms with Crippen LogP contribution in [0.25, 0.3) is 16.9 Å². The van der Waals surface area contributed by atoms with Crippen LogP contribution in [0, 0.1) is 12.7 Å². The van der Waals surface area contributed by atoms with Crippen LogP contribution in [0.3, 0.4) is 0 Å². The SMILES string of the molecule is Cc1cc(NC(=O)c2cccc(F)c2)sc1C(=O)Nc1ccc(-n2cnc3ccccc32)nc1. The lowest BCUT2D eigenvalue weighted by atomic mass is 10.2.